The van der Waals surface area contributed by atoms with Crippen molar-refractivity contribution in [3.8, 4) is 17.7 Å². The Bertz CT molecular complexity index is 961. The molecule has 1 heterocycles. The summed E-state index contributed by atoms with van der Waals surface area (Å²) in [6.45, 7) is 0. The fourth-order valence-corrected chi connectivity index (χ4v) is 2.74. The van der Waals surface area contributed by atoms with Gasteiger partial charge in [0, 0.05) is 36.2 Å². The summed E-state index contributed by atoms with van der Waals surface area (Å²) >= 11 is 0. The standard InChI is InChI=1S/C21H20N4O3/c1-22-21(27)23-12-16(13-26)19-11-18(20(28-2)25-24-19)17-10-15(17)9-8-14-6-4-3-5-7-14/h3-7,11-13,15,17H,10H2,1-2H3,(H2,22,23,27)/b16-12+. The first-order chi connectivity index (χ1) is 13.7. The van der Waals surface area contributed by atoms with Gasteiger partial charge in [0.15, 0.2) is 6.29 Å². The molecule has 2 atom stereocenters. The molecule has 142 valence electrons. The normalized spacial score (nSPS) is 17.7. The summed E-state index contributed by atoms with van der Waals surface area (Å²) in [4.78, 5) is 22.7. The van der Waals surface area contributed by atoms with Gasteiger partial charge in [-0.3, -0.25) is 4.79 Å². The topological polar surface area (TPSA) is 93.2 Å². The van der Waals surface area contributed by atoms with Crippen molar-refractivity contribution < 1.29 is 14.3 Å². The molecule has 1 aromatic heterocycles. The molecule has 1 saturated carbocycles. The van der Waals surface area contributed by atoms with Crippen molar-refractivity contribution in [2.75, 3.05) is 14.2 Å². The zero-order chi connectivity index (χ0) is 19.9. The number of allylic oxidation sites excluding steroid dienone is 1. The van der Waals surface area contributed by atoms with E-state index in [1.165, 1.54) is 20.4 Å². The van der Waals surface area contributed by atoms with Gasteiger partial charge in [-0.25, -0.2) is 4.79 Å². The number of hydrogen-bond donors (Lipinski definition) is 2. The molecule has 1 fully saturated rings. The van der Waals surface area contributed by atoms with Gasteiger partial charge >= 0.3 is 6.03 Å². The van der Waals surface area contributed by atoms with Crippen LogP contribution in [0.2, 0.25) is 0 Å². The molecule has 2 N–H and O–H groups in total. The van der Waals surface area contributed by atoms with Gasteiger partial charge in [-0.15, -0.1) is 10.2 Å². The van der Waals surface area contributed by atoms with Gasteiger partial charge in [-0.1, -0.05) is 30.0 Å². The molecule has 0 aliphatic heterocycles. The van der Waals surface area contributed by atoms with Gasteiger partial charge in [0.05, 0.1) is 18.4 Å². The molecular formula is C21H20N4O3. The van der Waals surface area contributed by atoms with Gasteiger partial charge < -0.3 is 15.4 Å². The Labute approximate surface area is 163 Å². The Morgan fingerprint density at radius 3 is 2.75 bits per heavy atom. The first-order valence-corrected chi connectivity index (χ1v) is 8.78. The number of rotatable bonds is 5. The summed E-state index contributed by atoms with van der Waals surface area (Å²) in [7, 11) is 3.02. The highest BCUT2D eigenvalue weighted by Gasteiger charge is 2.40. The molecule has 0 spiro atoms. The third-order valence-corrected chi connectivity index (χ3v) is 4.36. The number of amides is 2. The molecule has 0 bridgehead atoms. The molecule has 28 heavy (non-hydrogen) atoms. The average Bonchev–Trinajstić information content (AvgIpc) is 3.52. The minimum Gasteiger partial charge on any atom is -0.480 e. The fraction of sp³-hybridized carbons (Fsp3) is 0.238. The third kappa shape index (κ3) is 4.54. The van der Waals surface area contributed by atoms with Crippen molar-refractivity contribution in [1.29, 1.82) is 0 Å². The Morgan fingerprint density at radius 2 is 2.07 bits per heavy atom. The lowest BCUT2D eigenvalue weighted by Gasteiger charge is -2.08. The van der Waals surface area contributed by atoms with Crippen LogP contribution in [0, 0.1) is 17.8 Å². The first-order valence-electron chi connectivity index (χ1n) is 8.78. The second-order valence-corrected chi connectivity index (χ2v) is 6.22. The van der Waals surface area contributed by atoms with Crippen LogP contribution in [-0.4, -0.2) is 36.7 Å². The van der Waals surface area contributed by atoms with Crippen LogP contribution in [0.25, 0.3) is 5.57 Å². The maximum atomic E-state index is 11.4. The van der Waals surface area contributed by atoms with Crippen molar-refractivity contribution in [1.82, 2.24) is 20.8 Å². The number of nitrogens with one attached hydrogen (secondary N) is 2. The van der Waals surface area contributed by atoms with E-state index >= 15 is 0 Å². The van der Waals surface area contributed by atoms with E-state index in [0.717, 1.165) is 17.5 Å². The van der Waals surface area contributed by atoms with E-state index in [1.807, 2.05) is 30.3 Å². The summed E-state index contributed by atoms with van der Waals surface area (Å²) in [5, 5.41) is 13.0. The van der Waals surface area contributed by atoms with Crippen molar-refractivity contribution in [3.05, 3.63) is 59.4 Å². The zero-order valence-electron chi connectivity index (χ0n) is 15.6. The number of carbonyl (C=O) groups is 2. The Hall–Kier alpha value is -3.66. The number of methoxy groups -OCH3 is 1. The number of carbonyl (C=O) groups excluding carboxylic acids is 2. The number of hydrogen-bond acceptors (Lipinski definition) is 5. The predicted octanol–water partition coefficient (Wildman–Crippen LogP) is 2.11. The van der Waals surface area contributed by atoms with E-state index in [9.17, 15) is 9.59 Å². The molecule has 1 aliphatic carbocycles. The number of aldehydes is 1. The third-order valence-electron chi connectivity index (χ3n) is 4.36. The number of ether oxygens (including phenoxy) is 1. The quantitative estimate of drug-likeness (QED) is 0.474. The minimum absolute atomic E-state index is 0.167. The predicted molar refractivity (Wildman–Crippen MR) is 104 cm³/mol. The molecule has 1 aliphatic rings. The van der Waals surface area contributed by atoms with Crippen LogP contribution in [0.15, 0.2) is 42.6 Å². The van der Waals surface area contributed by atoms with Crippen LogP contribution in [-0.2, 0) is 4.79 Å². The highest BCUT2D eigenvalue weighted by Crippen LogP contribution is 2.49. The summed E-state index contributed by atoms with van der Waals surface area (Å²) < 4.78 is 5.33. The van der Waals surface area contributed by atoms with E-state index in [0.29, 0.717) is 17.9 Å². The highest BCUT2D eigenvalue weighted by atomic mass is 16.5. The number of nitrogens with zero attached hydrogens (tertiary/aromatic N) is 2. The molecule has 2 unspecified atom stereocenters. The summed E-state index contributed by atoms with van der Waals surface area (Å²) in [5.74, 6) is 7.24. The summed E-state index contributed by atoms with van der Waals surface area (Å²) in [5.41, 5.74) is 2.41. The van der Waals surface area contributed by atoms with Crippen molar-refractivity contribution >= 4 is 17.9 Å². The average molecular weight is 376 g/mol. The van der Waals surface area contributed by atoms with Crippen LogP contribution in [0.4, 0.5) is 4.79 Å². The van der Waals surface area contributed by atoms with Crippen LogP contribution in [0.3, 0.4) is 0 Å². The lowest BCUT2D eigenvalue weighted by atomic mass is 10.1. The van der Waals surface area contributed by atoms with E-state index < -0.39 is 6.03 Å². The highest BCUT2D eigenvalue weighted by molar-refractivity contribution is 6.06. The number of aromatic nitrogens is 2. The minimum atomic E-state index is -0.431. The van der Waals surface area contributed by atoms with Gasteiger partial charge in [0.25, 0.3) is 0 Å². The van der Waals surface area contributed by atoms with Crippen LogP contribution in [0.5, 0.6) is 5.88 Å². The van der Waals surface area contributed by atoms with Crippen molar-refractivity contribution in [2.24, 2.45) is 5.92 Å². The van der Waals surface area contributed by atoms with Crippen molar-refractivity contribution in [3.63, 3.8) is 0 Å². The van der Waals surface area contributed by atoms with Gasteiger partial charge in [-0.05, 0) is 24.6 Å². The number of urea groups is 1. The molecule has 7 heteroatoms. The lowest BCUT2D eigenvalue weighted by molar-refractivity contribution is -0.103. The van der Waals surface area contributed by atoms with E-state index in [1.54, 1.807) is 6.07 Å². The monoisotopic (exact) mass is 376 g/mol. The molecule has 7 nitrogen and oxygen atoms in total. The van der Waals surface area contributed by atoms with Crippen LogP contribution in [0.1, 0.15) is 29.2 Å². The van der Waals surface area contributed by atoms with Gasteiger partial charge in [0.2, 0.25) is 5.88 Å². The lowest BCUT2D eigenvalue weighted by Crippen LogP contribution is -2.28. The Morgan fingerprint density at radius 1 is 1.29 bits per heavy atom. The van der Waals surface area contributed by atoms with Gasteiger partial charge in [-0.2, -0.15) is 0 Å². The molecule has 0 radical (unpaired) electrons. The molecule has 0 saturated heterocycles. The second kappa shape index (κ2) is 8.82. The van der Waals surface area contributed by atoms with E-state index in [4.69, 9.17) is 4.74 Å². The molecule has 2 amide bonds. The van der Waals surface area contributed by atoms with Gasteiger partial charge in [0.1, 0.15) is 0 Å². The number of benzene rings is 1. The molecular weight excluding hydrogens is 356 g/mol. The van der Waals surface area contributed by atoms with Crippen molar-refractivity contribution in [2.45, 2.75) is 12.3 Å². The van der Waals surface area contributed by atoms with Crippen LogP contribution < -0.4 is 15.4 Å². The maximum Gasteiger partial charge on any atom is 0.318 e. The van der Waals surface area contributed by atoms with E-state index in [2.05, 4.69) is 32.7 Å². The fourth-order valence-electron chi connectivity index (χ4n) is 2.74. The van der Waals surface area contributed by atoms with Crippen LogP contribution >= 0.6 is 0 Å². The first kappa shape index (κ1) is 19.1. The van der Waals surface area contributed by atoms with E-state index in [-0.39, 0.29) is 17.4 Å². The molecule has 3 rings (SSSR count). The summed E-state index contributed by atoms with van der Waals surface area (Å²) in [6.07, 6.45) is 2.81. The Kier molecular flexibility index (Phi) is 6.02. The SMILES string of the molecule is CNC(=O)N/C=C(\C=O)c1cc(C2CC2C#Cc2ccccc2)c(OC)nn1. The second-order valence-electron chi connectivity index (χ2n) is 6.22. The molecule has 1 aromatic carbocycles. The smallest absolute Gasteiger partial charge is 0.318 e. The zero-order valence-corrected chi connectivity index (χ0v) is 15.6. The maximum absolute atomic E-state index is 11.4. The Balaban J connectivity index is 1.82. The summed E-state index contributed by atoms with van der Waals surface area (Å²) in [6, 6.07) is 11.1. The largest absolute Gasteiger partial charge is 0.480 e. The molecule has 2 aromatic rings.